The summed E-state index contributed by atoms with van der Waals surface area (Å²) in [6.45, 7) is 13.2. The monoisotopic (exact) mass is 448 g/mol. The zero-order valence-electron chi connectivity index (χ0n) is 20.0. The van der Waals surface area contributed by atoms with Gasteiger partial charge in [-0.25, -0.2) is 0 Å². The summed E-state index contributed by atoms with van der Waals surface area (Å²) in [6.07, 6.45) is 1.12. The van der Waals surface area contributed by atoms with Crippen LogP contribution in [0.25, 0.3) is 0 Å². The van der Waals surface area contributed by atoms with Gasteiger partial charge >= 0.3 is 0 Å². The van der Waals surface area contributed by atoms with Gasteiger partial charge in [0.15, 0.2) is 0 Å². The van der Waals surface area contributed by atoms with Crippen molar-refractivity contribution in [3.8, 4) is 0 Å². The molecular weight excluding hydrogens is 412 g/mol. The van der Waals surface area contributed by atoms with Crippen molar-refractivity contribution in [2.24, 2.45) is 0 Å². The number of aryl methyl sites for hydroxylation is 2. The van der Waals surface area contributed by atoms with Gasteiger partial charge in [-0.3, -0.25) is 19.4 Å². The first-order chi connectivity index (χ1) is 16.0. The first-order valence-electron chi connectivity index (χ1n) is 12.2. The Bertz CT molecular complexity index is 848. The van der Waals surface area contributed by atoms with Gasteiger partial charge < -0.3 is 9.80 Å². The first-order valence-corrected chi connectivity index (χ1v) is 12.2. The van der Waals surface area contributed by atoms with Crippen LogP contribution in [0.5, 0.6) is 0 Å². The van der Waals surface area contributed by atoms with E-state index in [0.717, 1.165) is 83.0 Å². The zero-order chi connectivity index (χ0) is 23.2. The van der Waals surface area contributed by atoms with E-state index in [9.17, 15) is 9.59 Å². The first kappa shape index (κ1) is 23.5. The number of benzene rings is 2. The summed E-state index contributed by atoms with van der Waals surface area (Å²) in [5, 5.41) is 0. The van der Waals surface area contributed by atoms with Crippen LogP contribution < -0.4 is 0 Å². The van der Waals surface area contributed by atoms with Gasteiger partial charge in [-0.2, -0.15) is 0 Å². The molecule has 2 heterocycles. The summed E-state index contributed by atoms with van der Waals surface area (Å²) in [5.74, 6) is 0.292. The molecule has 2 fully saturated rings. The molecule has 2 aromatic rings. The van der Waals surface area contributed by atoms with Crippen molar-refractivity contribution in [2.45, 2.75) is 20.3 Å². The third-order valence-electron chi connectivity index (χ3n) is 6.86. The lowest BCUT2D eigenvalue weighted by Crippen LogP contribution is -2.50. The fourth-order valence-electron chi connectivity index (χ4n) is 4.62. The Morgan fingerprint density at radius 3 is 1.24 bits per heavy atom. The molecule has 0 saturated carbocycles. The number of carbonyl (C=O) groups is 2. The highest BCUT2D eigenvalue weighted by Crippen LogP contribution is 2.12. The van der Waals surface area contributed by atoms with Crippen LogP contribution in [0.15, 0.2) is 48.5 Å². The topological polar surface area (TPSA) is 47.1 Å². The molecule has 0 aliphatic carbocycles. The quantitative estimate of drug-likeness (QED) is 0.682. The van der Waals surface area contributed by atoms with Crippen LogP contribution in [-0.2, 0) is 0 Å². The second kappa shape index (κ2) is 10.9. The van der Waals surface area contributed by atoms with Gasteiger partial charge in [0.1, 0.15) is 0 Å². The van der Waals surface area contributed by atoms with Crippen molar-refractivity contribution in [3.05, 3.63) is 70.8 Å². The average molecular weight is 449 g/mol. The smallest absolute Gasteiger partial charge is 0.253 e. The van der Waals surface area contributed by atoms with Crippen molar-refractivity contribution < 1.29 is 9.59 Å². The molecule has 33 heavy (non-hydrogen) atoms. The van der Waals surface area contributed by atoms with Crippen LogP contribution in [0.1, 0.15) is 38.3 Å². The molecule has 0 aromatic heterocycles. The number of nitrogens with zero attached hydrogens (tertiary/aromatic N) is 4. The van der Waals surface area contributed by atoms with E-state index in [2.05, 4.69) is 9.80 Å². The molecule has 2 amide bonds. The molecular formula is C27H36N4O2. The van der Waals surface area contributed by atoms with Crippen molar-refractivity contribution in [3.63, 3.8) is 0 Å². The molecule has 4 rings (SSSR count). The third kappa shape index (κ3) is 6.21. The minimum absolute atomic E-state index is 0.146. The standard InChI is InChI=1S/C27H36N4O2/c1-22-4-8-24(9-5-22)26(32)30-18-14-28(15-19-30)12-3-13-29-16-20-31(21-17-29)27(33)25-10-6-23(2)7-11-25/h4-11H,3,12-21H2,1-2H3. The van der Waals surface area contributed by atoms with E-state index in [1.165, 1.54) is 11.1 Å². The Labute approximate surface area is 197 Å². The summed E-state index contributed by atoms with van der Waals surface area (Å²) >= 11 is 0. The predicted octanol–water partition coefficient (Wildman–Crippen LogP) is 2.91. The number of amides is 2. The summed E-state index contributed by atoms with van der Waals surface area (Å²) in [7, 11) is 0. The maximum atomic E-state index is 12.7. The van der Waals surface area contributed by atoms with Crippen molar-refractivity contribution in [1.29, 1.82) is 0 Å². The lowest BCUT2D eigenvalue weighted by molar-refractivity contribution is 0.0606. The molecule has 6 heteroatoms. The Morgan fingerprint density at radius 1 is 0.576 bits per heavy atom. The molecule has 2 aliphatic heterocycles. The maximum Gasteiger partial charge on any atom is 0.253 e. The lowest BCUT2D eigenvalue weighted by atomic mass is 10.1. The molecule has 2 aromatic carbocycles. The highest BCUT2D eigenvalue weighted by molar-refractivity contribution is 5.94. The fourth-order valence-corrected chi connectivity index (χ4v) is 4.62. The minimum atomic E-state index is 0.146. The highest BCUT2D eigenvalue weighted by Gasteiger charge is 2.24. The molecule has 0 N–H and O–H groups in total. The van der Waals surface area contributed by atoms with Crippen LogP contribution in [0, 0.1) is 13.8 Å². The molecule has 0 unspecified atom stereocenters. The zero-order valence-corrected chi connectivity index (χ0v) is 20.0. The van der Waals surface area contributed by atoms with E-state index in [1.807, 2.05) is 72.2 Å². The second-order valence-electron chi connectivity index (χ2n) is 9.35. The van der Waals surface area contributed by atoms with Crippen molar-refractivity contribution >= 4 is 11.8 Å². The van der Waals surface area contributed by atoms with E-state index < -0.39 is 0 Å². The number of hydrogen-bond acceptors (Lipinski definition) is 4. The van der Waals surface area contributed by atoms with Gasteiger partial charge in [-0.05, 0) is 57.6 Å². The van der Waals surface area contributed by atoms with Crippen LogP contribution in [0.2, 0.25) is 0 Å². The molecule has 176 valence electrons. The maximum absolute atomic E-state index is 12.7. The van der Waals surface area contributed by atoms with Crippen LogP contribution in [-0.4, -0.2) is 96.9 Å². The SMILES string of the molecule is Cc1ccc(C(=O)N2CCN(CCCN3CCN(C(=O)c4ccc(C)cc4)CC3)CC2)cc1. The van der Waals surface area contributed by atoms with Gasteiger partial charge in [-0.15, -0.1) is 0 Å². The van der Waals surface area contributed by atoms with Gasteiger partial charge in [0.05, 0.1) is 0 Å². The van der Waals surface area contributed by atoms with Crippen LogP contribution in [0.3, 0.4) is 0 Å². The number of piperazine rings is 2. The largest absolute Gasteiger partial charge is 0.336 e. The highest BCUT2D eigenvalue weighted by atomic mass is 16.2. The molecule has 0 radical (unpaired) electrons. The molecule has 2 saturated heterocycles. The Hall–Kier alpha value is -2.70. The molecule has 2 aliphatic rings. The van der Waals surface area contributed by atoms with Crippen molar-refractivity contribution in [2.75, 3.05) is 65.4 Å². The summed E-state index contributed by atoms with van der Waals surface area (Å²) in [4.78, 5) is 34.3. The van der Waals surface area contributed by atoms with E-state index >= 15 is 0 Å². The fraction of sp³-hybridized carbons (Fsp3) is 0.481. The van der Waals surface area contributed by atoms with Crippen LogP contribution in [0.4, 0.5) is 0 Å². The molecule has 0 bridgehead atoms. The van der Waals surface area contributed by atoms with Crippen LogP contribution >= 0.6 is 0 Å². The van der Waals surface area contributed by atoms with E-state index in [0.29, 0.717) is 0 Å². The van der Waals surface area contributed by atoms with Gasteiger partial charge in [0, 0.05) is 63.5 Å². The van der Waals surface area contributed by atoms with Crippen molar-refractivity contribution in [1.82, 2.24) is 19.6 Å². The Balaban J connectivity index is 1.13. The van der Waals surface area contributed by atoms with E-state index in [1.54, 1.807) is 0 Å². The van der Waals surface area contributed by atoms with Gasteiger partial charge in [-0.1, -0.05) is 35.4 Å². The molecule has 0 atom stereocenters. The number of carbonyl (C=O) groups excluding carboxylic acids is 2. The normalized spacial score (nSPS) is 17.9. The third-order valence-corrected chi connectivity index (χ3v) is 6.86. The number of hydrogen-bond donors (Lipinski definition) is 0. The second-order valence-corrected chi connectivity index (χ2v) is 9.35. The lowest BCUT2D eigenvalue weighted by Gasteiger charge is -2.37. The van der Waals surface area contributed by atoms with E-state index in [4.69, 9.17) is 0 Å². The Morgan fingerprint density at radius 2 is 0.909 bits per heavy atom. The molecule has 0 spiro atoms. The summed E-state index contributed by atoms with van der Waals surface area (Å²) < 4.78 is 0. The van der Waals surface area contributed by atoms with E-state index in [-0.39, 0.29) is 11.8 Å². The van der Waals surface area contributed by atoms with Gasteiger partial charge in [0.25, 0.3) is 11.8 Å². The summed E-state index contributed by atoms with van der Waals surface area (Å²) in [6, 6.07) is 15.7. The number of rotatable bonds is 6. The molecule has 6 nitrogen and oxygen atoms in total. The average Bonchev–Trinajstić information content (AvgIpc) is 2.85. The van der Waals surface area contributed by atoms with Gasteiger partial charge in [0.2, 0.25) is 0 Å². The predicted molar refractivity (Wildman–Crippen MR) is 132 cm³/mol. The minimum Gasteiger partial charge on any atom is -0.336 e. The summed E-state index contributed by atoms with van der Waals surface area (Å²) in [5.41, 5.74) is 3.93. The Kier molecular flexibility index (Phi) is 7.78.